The van der Waals surface area contributed by atoms with Gasteiger partial charge in [-0.05, 0) is 48.7 Å². The number of hydrogen-bond donors (Lipinski definition) is 1. The molecule has 9 heteroatoms. The van der Waals surface area contributed by atoms with Crippen LogP contribution in [-0.4, -0.2) is 39.9 Å². The average Bonchev–Trinajstić information content (AvgIpc) is 3.55. The van der Waals surface area contributed by atoms with Crippen LogP contribution in [-0.2, 0) is 15.0 Å². The lowest BCUT2D eigenvalue weighted by molar-refractivity contribution is -0.123. The molecule has 0 radical (unpaired) electrons. The minimum Gasteiger partial charge on any atom is -0.352 e. The minimum absolute atomic E-state index is 0.116. The number of fused-ring (bicyclic) bond motifs is 1. The molecular weight excluding hydrogens is 499 g/mol. The summed E-state index contributed by atoms with van der Waals surface area (Å²) in [6.07, 6.45) is 1.91. The Morgan fingerprint density at radius 1 is 1.19 bits per heavy atom. The molecule has 188 valence electrons. The third-order valence-electron chi connectivity index (χ3n) is 6.25. The van der Waals surface area contributed by atoms with Crippen molar-refractivity contribution in [3.8, 4) is 5.69 Å². The second kappa shape index (κ2) is 9.56. The van der Waals surface area contributed by atoms with E-state index in [1.807, 2.05) is 18.2 Å². The third-order valence-corrected chi connectivity index (χ3v) is 7.74. The molecule has 2 aromatic carbocycles. The molecule has 3 aromatic rings. The zero-order chi connectivity index (χ0) is 25.6. The van der Waals surface area contributed by atoms with Gasteiger partial charge in [0, 0.05) is 22.0 Å². The Morgan fingerprint density at radius 2 is 1.94 bits per heavy atom. The molecule has 2 heterocycles. The van der Waals surface area contributed by atoms with E-state index in [1.165, 1.54) is 28.8 Å². The first-order valence-electron chi connectivity index (χ1n) is 12.0. The molecule has 1 aliphatic heterocycles. The van der Waals surface area contributed by atoms with Crippen molar-refractivity contribution in [2.24, 2.45) is 0 Å². The highest BCUT2D eigenvalue weighted by atomic mass is 35.5. The number of halogens is 2. The molecule has 1 saturated carbocycles. The van der Waals surface area contributed by atoms with E-state index in [4.69, 9.17) is 16.7 Å². The fourth-order valence-electron chi connectivity index (χ4n) is 4.44. The van der Waals surface area contributed by atoms with Gasteiger partial charge in [-0.25, -0.2) is 9.07 Å². The van der Waals surface area contributed by atoms with Crippen LogP contribution in [0.2, 0.25) is 5.02 Å². The summed E-state index contributed by atoms with van der Waals surface area (Å²) in [6.45, 7) is 6.06. The molecule has 0 saturated heterocycles. The Hall–Kier alpha value is -2.84. The maximum absolute atomic E-state index is 14.3. The first-order chi connectivity index (χ1) is 17.1. The Balaban J connectivity index is 1.75. The largest absolute Gasteiger partial charge is 0.352 e. The first-order valence-corrected chi connectivity index (χ1v) is 13.4. The Morgan fingerprint density at radius 3 is 2.61 bits per heavy atom. The lowest BCUT2D eigenvalue weighted by Crippen LogP contribution is -2.43. The second-order valence-electron chi connectivity index (χ2n) is 10.3. The molecule has 5 rings (SSSR count). The topological polar surface area (TPSA) is 67.2 Å². The van der Waals surface area contributed by atoms with Crippen LogP contribution in [0.25, 0.3) is 5.69 Å². The predicted molar refractivity (Wildman–Crippen MR) is 141 cm³/mol. The summed E-state index contributed by atoms with van der Waals surface area (Å²) in [5, 5.41) is 8.18. The van der Waals surface area contributed by atoms with Crippen molar-refractivity contribution in [1.82, 2.24) is 15.1 Å². The van der Waals surface area contributed by atoms with E-state index in [2.05, 4.69) is 26.1 Å². The fraction of sp³-hybridized carbons (Fsp3) is 0.370. The minimum atomic E-state index is -0.393. The van der Waals surface area contributed by atoms with Gasteiger partial charge >= 0.3 is 0 Å². The van der Waals surface area contributed by atoms with Gasteiger partial charge in [0.25, 0.3) is 0 Å². The van der Waals surface area contributed by atoms with Gasteiger partial charge in [0.1, 0.15) is 18.2 Å². The van der Waals surface area contributed by atoms with E-state index in [1.54, 1.807) is 22.9 Å². The molecule has 0 bridgehead atoms. The zero-order valence-corrected chi connectivity index (χ0v) is 22.0. The molecule has 2 aliphatic rings. The molecule has 2 amide bonds. The molecular formula is C27H28ClFN4O2S. The van der Waals surface area contributed by atoms with Gasteiger partial charge in [0.2, 0.25) is 11.8 Å². The van der Waals surface area contributed by atoms with Crippen LogP contribution in [0.5, 0.6) is 0 Å². The molecule has 6 nitrogen and oxygen atoms in total. The van der Waals surface area contributed by atoms with Crippen molar-refractivity contribution in [1.29, 1.82) is 0 Å². The van der Waals surface area contributed by atoms with Gasteiger partial charge in [-0.15, -0.1) is 11.8 Å². The van der Waals surface area contributed by atoms with Crippen molar-refractivity contribution in [2.45, 2.75) is 50.3 Å². The number of carbonyl (C=O) groups excluding carboxylic acids is 2. The first kappa shape index (κ1) is 24.8. The second-order valence-corrected chi connectivity index (χ2v) is 11.8. The van der Waals surface area contributed by atoms with Crippen LogP contribution < -0.4 is 10.2 Å². The SMILES string of the molecule is CC(C)(C)c1nn(-c2cccc(Cl)c2)c2c1[C@@H](c1cccc(F)c1)SCC(=O)N2CC(=O)NC1CC1. The van der Waals surface area contributed by atoms with Crippen LogP contribution in [0.15, 0.2) is 48.5 Å². The van der Waals surface area contributed by atoms with Crippen LogP contribution >= 0.6 is 23.4 Å². The van der Waals surface area contributed by atoms with Crippen molar-refractivity contribution in [2.75, 3.05) is 17.2 Å². The summed E-state index contributed by atoms with van der Waals surface area (Å²) in [5.41, 5.74) is 2.62. The highest BCUT2D eigenvalue weighted by molar-refractivity contribution is 8.00. The summed E-state index contributed by atoms with van der Waals surface area (Å²) in [4.78, 5) is 28.0. The summed E-state index contributed by atoms with van der Waals surface area (Å²) in [7, 11) is 0. The maximum atomic E-state index is 14.3. The number of nitrogens with one attached hydrogen (secondary N) is 1. The normalized spacial score (nSPS) is 18.1. The highest BCUT2D eigenvalue weighted by Gasteiger charge is 2.40. The van der Waals surface area contributed by atoms with E-state index in [0.29, 0.717) is 16.5 Å². The number of hydrogen-bond acceptors (Lipinski definition) is 4. The number of anilines is 1. The molecule has 0 spiro atoms. The van der Waals surface area contributed by atoms with Gasteiger partial charge in [-0.3, -0.25) is 14.5 Å². The molecule has 1 aliphatic carbocycles. The molecule has 1 fully saturated rings. The number of nitrogens with zero attached hydrogens (tertiary/aromatic N) is 3. The van der Waals surface area contributed by atoms with Crippen molar-refractivity contribution in [3.63, 3.8) is 0 Å². The maximum Gasteiger partial charge on any atom is 0.240 e. The average molecular weight is 527 g/mol. The molecule has 0 unspecified atom stereocenters. The molecule has 1 aromatic heterocycles. The van der Waals surface area contributed by atoms with Crippen molar-refractivity contribution in [3.05, 3.63) is 76.2 Å². The van der Waals surface area contributed by atoms with Crippen molar-refractivity contribution < 1.29 is 14.0 Å². The summed E-state index contributed by atoms with van der Waals surface area (Å²) < 4.78 is 16.0. The van der Waals surface area contributed by atoms with E-state index in [-0.39, 0.29) is 41.2 Å². The predicted octanol–water partition coefficient (Wildman–Crippen LogP) is 5.41. The van der Waals surface area contributed by atoms with Crippen LogP contribution in [0.1, 0.15) is 55.7 Å². The Bertz CT molecular complexity index is 1330. The van der Waals surface area contributed by atoms with Gasteiger partial charge in [-0.2, -0.15) is 5.10 Å². The number of thioether (sulfide) groups is 1. The van der Waals surface area contributed by atoms with E-state index >= 15 is 0 Å². The molecule has 1 atom stereocenters. The number of carbonyl (C=O) groups is 2. The van der Waals surface area contributed by atoms with E-state index in [9.17, 15) is 14.0 Å². The standard InChI is InChI=1S/C27H28ClFN4O2S/c1-27(2,3)25-23-24(16-6-4-8-18(29)12-16)36-15-22(35)32(14-21(34)30-19-10-11-19)26(23)33(31-25)20-9-5-7-17(28)13-20/h4-9,12-13,19,24H,10-11,14-15H2,1-3H3,(H,30,34)/t24-/m1/s1. The van der Waals surface area contributed by atoms with Crippen LogP contribution in [0.4, 0.5) is 10.2 Å². The van der Waals surface area contributed by atoms with Gasteiger partial charge in [0.05, 0.1) is 22.4 Å². The Kier molecular flexibility index (Phi) is 6.59. The smallest absolute Gasteiger partial charge is 0.240 e. The van der Waals surface area contributed by atoms with E-state index < -0.39 is 5.41 Å². The lowest BCUT2D eigenvalue weighted by Gasteiger charge is -2.24. The summed E-state index contributed by atoms with van der Waals surface area (Å²) in [6, 6.07) is 13.9. The number of benzene rings is 2. The summed E-state index contributed by atoms with van der Waals surface area (Å²) >= 11 is 7.76. The van der Waals surface area contributed by atoms with Gasteiger partial charge in [0.15, 0.2) is 0 Å². The molecule has 1 N–H and O–H groups in total. The van der Waals surface area contributed by atoms with Crippen LogP contribution in [0, 0.1) is 5.82 Å². The van der Waals surface area contributed by atoms with E-state index in [0.717, 1.165) is 29.7 Å². The highest BCUT2D eigenvalue weighted by Crippen LogP contribution is 2.48. The quantitative estimate of drug-likeness (QED) is 0.482. The van der Waals surface area contributed by atoms with Gasteiger partial charge in [-0.1, -0.05) is 50.6 Å². The molecule has 36 heavy (non-hydrogen) atoms. The van der Waals surface area contributed by atoms with Crippen molar-refractivity contribution >= 4 is 41.0 Å². The number of aromatic nitrogens is 2. The summed E-state index contributed by atoms with van der Waals surface area (Å²) in [5.74, 6) is -0.0779. The zero-order valence-electron chi connectivity index (χ0n) is 20.4. The fourth-order valence-corrected chi connectivity index (χ4v) is 5.81. The Labute approximate surface area is 219 Å². The van der Waals surface area contributed by atoms with Gasteiger partial charge < -0.3 is 5.32 Å². The number of amides is 2. The van der Waals surface area contributed by atoms with Crippen LogP contribution in [0.3, 0.4) is 0 Å². The monoisotopic (exact) mass is 526 g/mol. The number of rotatable bonds is 5. The lowest BCUT2D eigenvalue weighted by atomic mass is 9.87. The third kappa shape index (κ3) is 5.02.